The zero-order valence-corrected chi connectivity index (χ0v) is 12.1. The van der Waals surface area contributed by atoms with Crippen LogP contribution in [-0.2, 0) is 16.4 Å². The van der Waals surface area contributed by atoms with Crippen LogP contribution in [0.1, 0.15) is 58.3 Å². The molecule has 0 saturated carbocycles. The number of aromatic nitrogens is 3. The number of nitrogens with zero attached hydrogens (tertiary/aromatic N) is 3. The van der Waals surface area contributed by atoms with E-state index in [1.54, 1.807) is 4.57 Å². The molecule has 1 aromatic rings. The Morgan fingerprint density at radius 3 is 2.39 bits per heavy atom. The Kier molecular flexibility index (Phi) is 5.28. The van der Waals surface area contributed by atoms with Gasteiger partial charge in [0.15, 0.2) is 0 Å². The zero-order chi connectivity index (χ0) is 13.8. The maximum Gasteiger partial charge on any atom is 0.273 e. The first kappa shape index (κ1) is 15.1. The minimum Gasteiger partial charge on any atom is -0.298 e. The number of hydrogen-bond acceptors (Lipinski definition) is 4. The van der Waals surface area contributed by atoms with E-state index < -0.39 is 10.0 Å². The van der Waals surface area contributed by atoms with Crippen LogP contribution in [0.3, 0.4) is 0 Å². The van der Waals surface area contributed by atoms with Crippen LogP contribution in [0.4, 0.5) is 0 Å². The summed E-state index contributed by atoms with van der Waals surface area (Å²) >= 11 is 0. The number of unbranched alkanes of at least 4 members (excludes halogenated alkanes) is 3. The van der Waals surface area contributed by atoms with Crippen molar-refractivity contribution in [3.8, 4) is 0 Å². The van der Waals surface area contributed by atoms with Crippen LogP contribution in [0.5, 0.6) is 0 Å². The van der Waals surface area contributed by atoms with Crippen molar-refractivity contribution in [3.63, 3.8) is 0 Å². The van der Waals surface area contributed by atoms with Gasteiger partial charge in [-0.2, -0.15) is 0 Å². The summed E-state index contributed by atoms with van der Waals surface area (Å²) in [5, 5.41) is 12.7. The molecule has 18 heavy (non-hydrogen) atoms. The Hall–Kier alpha value is -0.950. The largest absolute Gasteiger partial charge is 0.298 e. The third-order valence-electron chi connectivity index (χ3n) is 2.76. The second-order valence-corrected chi connectivity index (χ2v) is 6.17. The summed E-state index contributed by atoms with van der Waals surface area (Å²) in [7, 11) is -3.80. The molecule has 104 valence electrons. The molecule has 1 heterocycles. The van der Waals surface area contributed by atoms with Gasteiger partial charge in [-0.05, 0) is 20.3 Å². The van der Waals surface area contributed by atoms with Crippen molar-refractivity contribution in [1.82, 2.24) is 14.8 Å². The lowest BCUT2D eigenvalue weighted by Gasteiger charge is -2.12. The molecule has 0 aliphatic carbocycles. The van der Waals surface area contributed by atoms with Crippen LogP contribution >= 0.6 is 0 Å². The molecule has 0 radical (unpaired) electrons. The van der Waals surface area contributed by atoms with Gasteiger partial charge in [0.05, 0.1) is 0 Å². The summed E-state index contributed by atoms with van der Waals surface area (Å²) in [6.07, 6.45) is 5.19. The molecule has 0 fully saturated rings. The van der Waals surface area contributed by atoms with Crippen LogP contribution < -0.4 is 5.14 Å². The summed E-state index contributed by atoms with van der Waals surface area (Å²) < 4.78 is 24.4. The lowest BCUT2D eigenvalue weighted by Crippen LogP contribution is -2.20. The number of rotatable bonds is 7. The molecule has 1 aromatic heterocycles. The average molecular weight is 274 g/mol. The number of primary sulfonamides is 1. The summed E-state index contributed by atoms with van der Waals surface area (Å²) in [6, 6.07) is -0.0190. The highest BCUT2D eigenvalue weighted by Gasteiger charge is 2.22. The molecular weight excluding hydrogens is 252 g/mol. The van der Waals surface area contributed by atoms with Crippen LogP contribution in [0.2, 0.25) is 0 Å². The number of aryl methyl sites for hydroxylation is 1. The molecule has 7 heteroatoms. The molecule has 0 saturated heterocycles. The van der Waals surface area contributed by atoms with E-state index >= 15 is 0 Å². The van der Waals surface area contributed by atoms with Gasteiger partial charge < -0.3 is 0 Å². The SMILES string of the molecule is CCCCCCc1nnc(S(N)(=O)=O)n1C(C)C. The Morgan fingerprint density at radius 2 is 1.89 bits per heavy atom. The maximum absolute atomic E-state index is 11.4. The molecule has 0 aromatic carbocycles. The van der Waals surface area contributed by atoms with E-state index in [1.807, 2.05) is 13.8 Å². The van der Waals surface area contributed by atoms with Crippen molar-refractivity contribution in [3.05, 3.63) is 5.82 Å². The molecule has 0 aliphatic rings. The minimum atomic E-state index is -3.80. The molecule has 0 atom stereocenters. The Morgan fingerprint density at radius 1 is 1.22 bits per heavy atom. The highest BCUT2D eigenvalue weighted by Crippen LogP contribution is 2.16. The van der Waals surface area contributed by atoms with Gasteiger partial charge in [0.2, 0.25) is 0 Å². The third-order valence-corrected chi connectivity index (χ3v) is 3.55. The fourth-order valence-electron chi connectivity index (χ4n) is 1.90. The van der Waals surface area contributed by atoms with Gasteiger partial charge in [-0.3, -0.25) is 4.57 Å². The first-order chi connectivity index (χ1) is 8.38. The Bertz CT molecular complexity index is 479. The van der Waals surface area contributed by atoms with Crippen molar-refractivity contribution < 1.29 is 8.42 Å². The topological polar surface area (TPSA) is 90.9 Å². The van der Waals surface area contributed by atoms with E-state index in [0.29, 0.717) is 5.82 Å². The van der Waals surface area contributed by atoms with Gasteiger partial charge in [-0.25, -0.2) is 13.6 Å². The quantitative estimate of drug-likeness (QED) is 0.765. The highest BCUT2D eigenvalue weighted by atomic mass is 32.2. The summed E-state index contributed by atoms with van der Waals surface area (Å²) in [6.45, 7) is 5.94. The molecule has 0 spiro atoms. The highest BCUT2D eigenvalue weighted by molar-refractivity contribution is 7.89. The maximum atomic E-state index is 11.4. The Labute approximate surface area is 109 Å². The second-order valence-electron chi connectivity index (χ2n) is 4.72. The lowest BCUT2D eigenvalue weighted by atomic mass is 10.1. The van der Waals surface area contributed by atoms with Crippen LogP contribution in [0.25, 0.3) is 0 Å². The number of sulfonamides is 1. The zero-order valence-electron chi connectivity index (χ0n) is 11.3. The monoisotopic (exact) mass is 274 g/mol. The molecule has 1 rings (SSSR count). The molecule has 2 N–H and O–H groups in total. The standard InChI is InChI=1S/C11H22N4O2S/c1-4-5-6-7-8-10-13-14-11(18(12,16)17)15(10)9(2)3/h9H,4-8H2,1-3H3,(H2,12,16,17). The van der Waals surface area contributed by atoms with E-state index in [1.165, 1.54) is 12.8 Å². The van der Waals surface area contributed by atoms with Gasteiger partial charge in [-0.1, -0.05) is 26.2 Å². The van der Waals surface area contributed by atoms with Crippen molar-refractivity contribution in [2.75, 3.05) is 0 Å². The van der Waals surface area contributed by atoms with E-state index in [-0.39, 0.29) is 11.2 Å². The molecular formula is C11H22N4O2S. The van der Waals surface area contributed by atoms with Crippen LogP contribution in [0.15, 0.2) is 5.16 Å². The summed E-state index contributed by atoms with van der Waals surface area (Å²) in [5.41, 5.74) is 0. The van der Waals surface area contributed by atoms with Gasteiger partial charge in [-0.15, -0.1) is 10.2 Å². The molecule has 0 bridgehead atoms. The van der Waals surface area contributed by atoms with Gasteiger partial charge in [0, 0.05) is 12.5 Å². The van der Waals surface area contributed by atoms with Crippen molar-refractivity contribution in [2.45, 2.75) is 64.1 Å². The average Bonchev–Trinajstić information content (AvgIpc) is 2.67. The lowest BCUT2D eigenvalue weighted by molar-refractivity contribution is 0.498. The van der Waals surface area contributed by atoms with E-state index in [4.69, 9.17) is 5.14 Å². The van der Waals surface area contributed by atoms with E-state index in [2.05, 4.69) is 17.1 Å². The normalized spacial score (nSPS) is 12.3. The predicted octanol–water partition coefficient (Wildman–Crippen LogP) is 1.63. The predicted molar refractivity (Wildman–Crippen MR) is 69.6 cm³/mol. The van der Waals surface area contributed by atoms with Gasteiger partial charge in [0.1, 0.15) is 5.82 Å². The Balaban J connectivity index is 2.89. The smallest absolute Gasteiger partial charge is 0.273 e. The molecule has 0 aliphatic heterocycles. The van der Waals surface area contributed by atoms with Gasteiger partial charge >= 0.3 is 0 Å². The van der Waals surface area contributed by atoms with Crippen molar-refractivity contribution >= 4 is 10.0 Å². The van der Waals surface area contributed by atoms with Gasteiger partial charge in [0.25, 0.3) is 15.2 Å². The molecule has 0 unspecified atom stereocenters. The third kappa shape index (κ3) is 3.78. The summed E-state index contributed by atoms with van der Waals surface area (Å²) in [4.78, 5) is 0. The molecule has 6 nitrogen and oxygen atoms in total. The first-order valence-corrected chi connectivity index (χ1v) is 7.89. The first-order valence-electron chi connectivity index (χ1n) is 6.34. The second kappa shape index (κ2) is 6.29. The summed E-state index contributed by atoms with van der Waals surface area (Å²) in [5.74, 6) is 0.699. The van der Waals surface area contributed by atoms with Crippen molar-refractivity contribution in [1.29, 1.82) is 0 Å². The van der Waals surface area contributed by atoms with Crippen LogP contribution in [0, 0.1) is 0 Å². The fourth-order valence-corrected chi connectivity index (χ4v) is 2.65. The van der Waals surface area contributed by atoms with E-state index in [9.17, 15) is 8.42 Å². The molecule has 0 amide bonds. The van der Waals surface area contributed by atoms with Crippen molar-refractivity contribution in [2.24, 2.45) is 5.14 Å². The van der Waals surface area contributed by atoms with Crippen LogP contribution in [-0.4, -0.2) is 23.2 Å². The fraction of sp³-hybridized carbons (Fsp3) is 0.818. The number of nitrogens with two attached hydrogens (primary N) is 1. The number of hydrogen-bond donors (Lipinski definition) is 1. The minimum absolute atomic E-state index is 0.0190. The van der Waals surface area contributed by atoms with E-state index in [0.717, 1.165) is 19.3 Å².